The zero-order valence-electron chi connectivity index (χ0n) is 12.3. The van der Waals surface area contributed by atoms with Crippen LogP contribution in [0.5, 0.6) is 0 Å². The maximum atomic E-state index is 10.5. The number of hydrogen-bond donors (Lipinski definition) is 1. The van der Waals surface area contributed by atoms with Crippen molar-refractivity contribution in [3.05, 3.63) is 34.4 Å². The van der Waals surface area contributed by atoms with E-state index in [0.717, 1.165) is 34.9 Å². The minimum atomic E-state index is -0.532. The number of hydrogen-bond acceptors (Lipinski definition) is 3. The SMILES string of the molecule is CCn1nc(C)cc1CC(O)c1c(C)nn(C)c1C. The standard InChI is InChI=1S/C14H22N4O/c1-6-18-12(7-9(2)15-18)8-13(19)14-10(3)16-17(5)11(14)4/h7,13,19H,6,8H2,1-5H3. The van der Waals surface area contributed by atoms with Gasteiger partial charge in [0.05, 0.1) is 17.5 Å². The average molecular weight is 262 g/mol. The molecule has 19 heavy (non-hydrogen) atoms. The predicted molar refractivity (Wildman–Crippen MR) is 74.0 cm³/mol. The topological polar surface area (TPSA) is 55.9 Å². The Balaban J connectivity index is 2.27. The first-order chi connectivity index (χ1) is 8.93. The molecule has 0 aliphatic rings. The van der Waals surface area contributed by atoms with Crippen LogP contribution in [-0.4, -0.2) is 24.7 Å². The Bertz CT molecular complexity index is 583. The second-order valence-corrected chi connectivity index (χ2v) is 5.02. The molecular formula is C14H22N4O. The molecule has 2 rings (SSSR count). The molecule has 1 unspecified atom stereocenters. The summed E-state index contributed by atoms with van der Waals surface area (Å²) in [5.74, 6) is 0. The molecule has 0 radical (unpaired) electrons. The number of aromatic nitrogens is 4. The molecule has 5 nitrogen and oxygen atoms in total. The molecule has 0 aliphatic carbocycles. The third-order valence-corrected chi connectivity index (χ3v) is 3.59. The van der Waals surface area contributed by atoms with Crippen molar-refractivity contribution < 1.29 is 5.11 Å². The van der Waals surface area contributed by atoms with Crippen LogP contribution >= 0.6 is 0 Å². The van der Waals surface area contributed by atoms with Gasteiger partial charge in [-0.15, -0.1) is 0 Å². The molecule has 0 aromatic carbocycles. The molecule has 5 heteroatoms. The van der Waals surface area contributed by atoms with Gasteiger partial charge in [-0.05, 0) is 33.8 Å². The van der Waals surface area contributed by atoms with Crippen molar-refractivity contribution in [1.82, 2.24) is 19.6 Å². The number of aliphatic hydroxyl groups excluding tert-OH is 1. The molecule has 0 amide bonds. The van der Waals surface area contributed by atoms with Crippen molar-refractivity contribution in [3.8, 4) is 0 Å². The van der Waals surface area contributed by atoms with E-state index in [2.05, 4.69) is 17.1 Å². The minimum absolute atomic E-state index is 0.532. The fourth-order valence-corrected chi connectivity index (χ4v) is 2.61. The van der Waals surface area contributed by atoms with E-state index < -0.39 is 6.10 Å². The van der Waals surface area contributed by atoms with Gasteiger partial charge in [0, 0.05) is 37.0 Å². The van der Waals surface area contributed by atoms with E-state index in [4.69, 9.17) is 0 Å². The summed E-state index contributed by atoms with van der Waals surface area (Å²) in [6, 6.07) is 2.04. The molecule has 2 heterocycles. The van der Waals surface area contributed by atoms with Gasteiger partial charge in [0.2, 0.25) is 0 Å². The molecule has 1 atom stereocenters. The van der Waals surface area contributed by atoms with Crippen LogP contribution in [-0.2, 0) is 20.0 Å². The largest absolute Gasteiger partial charge is 0.388 e. The lowest BCUT2D eigenvalue weighted by molar-refractivity contribution is 0.174. The summed E-state index contributed by atoms with van der Waals surface area (Å²) in [6.45, 7) is 8.78. The average Bonchev–Trinajstić information content (AvgIpc) is 2.80. The van der Waals surface area contributed by atoms with Gasteiger partial charge < -0.3 is 5.11 Å². The van der Waals surface area contributed by atoms with Crippen molar-refractivity contribution in [1.29, 1.82) is 0 Å². The first kappa shape index (κ1) is 13.8. The highest BCUT2D eigenvalue weighted by Crippen LogP contribution is 2.24. The Morgan fingerprint density at radius 2 is 1.95 bits per heavy atom. The van der Waals surface area contributed by atoms with Gasteiger partial charge in [0.15, 0.2) is 0 Å². The van der Waals surface area contributed by atoms with Crippen LogP contribution in [0.15, 0.2) is 6.07 Å². The van der Waals surface area contributed by atoms with E-state index in [1.54, 1.807) is 0 Å². The number of nitrogens with zero attached hydrogens (tertiary/aromatic N) is 4. The zero-order chi connectivity index (χ0) is 14.2. The minimum Gasteiger partial charge on any atom is -0.388 e. The van der Waals surface area contributed by atoms with Crippen LogP contribution in [0.1, 0.15) is 41.4 Å². The monoisotopic (exact) mass is 262 g/mol. The summed E-state index contributed by atoms with van der Waals surface area (Å²) in [6.07, 6.45) is 0.0392. The molecule has 0 bridgehead atoms. The Hall–Kier alpha value is -1.62. The summed E-state index contributed by atoms with van der Waals surface area (Å²) in [4.78, 5) is 0. The highest BCUT2D eigenvalue weighted by atomic mass is 16.3. The van der Waals surface area contributed by atoms with Gasteiger partial charge >= 0.3 is 0 Å². The van der Waals surface area contributed by atoms with E-state index in [0.29, 0.717) is 6.42 Å². The maximum absolute atomic E-state index is 10.5. The Morgan fingerprint density at radius 3 is 2.47 bits per heavy atom. The fraction of sp³-hybridized carbons (Fsp3) is 0.571. The molecular weight excluding hydrogens is 240 g/mol. The third kappa shape index (κ3) is 2.56. The molecule has 104 valence electrons. The number of aryl methyl sites for hydroxylation is 4. The van der Waals surface area contributed by atoms with Gasteiger partial charge in [-0.2, -0.15) is 10.2 Å². The second-order valence-electron chi connectivity index (χ2n) is 5.02. The van der Waals surface area contributed by atoms with E-state index in [1.807, 2.05) is 43.2 Å². The molecule has 0 saturated carbocycles. The summed E-state index contributed by atoms with van der Waals surface area (Å²) >= 11 is 0. The van der Waals surface area contributed by atoms with Gasteiger partial charge in [-0.1, -0.05) is 0 Å². The van der Waals surface area contributed by atoms with Gasteiger partial charge in [-0.3, -0.25) is 9.36 Å². The Morgan fingerprint density at radius 1 is 1.26 bits per heavy atom. The van der Waals surface area contributed by atoms with Crippen LogP contribution in [0.3, 0.4) is 0 Å². The van der Waals surface area contributed by atoms with Crippen molar-refractivity contribution in [2.75, 3.05) is 0 Å². The van der Waals surface area contributed by atoms with Crippen molar-refractivity contribution in [3.63, 3.8) is 0 Å². The Kier molecular flexibility index (Phi) is 3.75. The predicted octanol–water partition coefficient (Wildman–Crippen LogP) is 1.84. The fourth-order valence-electron chi connectivity index (χ4n) is 2.61. The van der Waals surface area contributed by atoms with E-state index >= 15 is 0 Å². The normalized spacial score (nSPS) is 12.9. The van der Waals surface area contributed by atoms with Crippen molar-refractivity contribution in [2.24, 2.45) is 7.05 Å². The van der Waals surface area contributed by atoms with Gasteiger partial charge in [-0.25, -0.2) is 0 Å². The summed E-state index contributed by atoms with van der Waals surface area (Å²) < 4.78 is 3.76. The highest BCUT2D eigenvalue weighted by molar-refractivity contribution is 5.28. The molecule has 0 saturated heterocycles. The Labute approximate surface area is 113 Å². The summed E-state index contributed by atoms with van der Waals surface area (Å²) in [7, 11) is 1.90. The van der Waals surface area contributed by atoms with Crippen LogP contribution < -0.4 is 0 Å². The quantitative estimate of drug-likeness (QED) is 0.914. The lowest BCUT2D eigenvalue weighted by atomic mass is 10.0. The molecule has 0 spiro atoms. The van der Waals surface area contributed by atoms with Crippen LogP contribution in [0.2, 0.25) is 0 Å². The number of aliphatic hydroxyl groups is 1. The van der Waals surface area contributed by atoms with Crippen molar-refractivity contribution >= 4 is 0 Å². The second kappa shape index (κ2) is 5.17. The van der Waals surface area contributed by atoms with E-state index in [-0.39, 0.29) is 0 Å². The maximum Gasteiger partial charge on any atom is 0.0881 e. The number of rotatable bonds is 4. The highest BCUT2D eigenvalue weighted by Gasteiger charge is 2.20. The van der Waals surface area contributed by atoms with Gasteiger partial charge in [0.1, 0.15) is 0 Å². The first-order valence-electron chi connectivity index (χ1n) is 6.65. The smallest absolute Gasteiger partial charge is 0.0881 e. The lowest BCUT2D eigenvalue weighted by Crippen LogP contribution is -2.10. The lowest BCUT2D eigenvalue weighted by Gasteiger charge is -2.12. The van der Waals surface area contributed by atoms with Crippen LogP contribution in [0.4, 0.5) is 0 Å². The molecule has 2 aromatic heterocycles. The van der Waals surface area contributed by atoms with E-state index in [1.165, 1.54) is 0 Å². The van der Waals surface area contributed by atoms with Crippen LogP contribution in [0.25, 0.3) is 0 Å². The third-order valence-electron chi connectivity index (χ3n) is 3.59. The van der Waals surface area contributed by atoms with Crippen molar-refractivity contribution in [2.45, 2.75) is 46.8 Å². The molecule has 0 fully saturated rings. The summed E-state index contributed by atoms with van der Waals surface area (Å²) in [5.41, 5.74) is 4.90. The summed E-state index contributed by atoms with van der Waals surface area (Å²) in [5, 5.41) is 19.2. The molecule has 0 aliphatic heterocycles. The molecule has 2 aromatic rings. The zero-order valence-corrected chi connectivity index (χ0v) is 12.3. The van der Waals surface area contributed by atoms with Crippen LogP contribution in [0, 0.1) is 20.8 Å². The van der Waals surface area contributed by atoms with E-state index in [9.17, 15) is 5.11 Å². The molecule has 1 N–H and O–H groups in total. The van der Waals surface area contributed by atoms with Gasteiger partial charge in [0.25, 0.3) is 0 Å². The first-order valence-corrected chi connectivity index (χ1v) is 6.65.